The Balaban J connectivity index is 1.60. The second-order valence-corrected chi connectivity index (χ2v) is 5.12. The summed E-state index contributed by atoms with van der Waals surface area (Å²) in [5.41, 5.74) is 0. The molecule has 0 aliphatic carbocycles. The fraction of sp³-hybridized carbons (Fsp3) is 0.500. The average molecular weight is 309 g/mol. The van der Waals surface area contributed by atoms with Gasteiger partial charge in [0.15, 0.2) is 0 Å². The van der Waals surface area contributed by atoms with Crippen molar-refractivity contribution in [1.29, 1.82) is 0 Å². The van der Waals surface area contributed by atoms with Gasteiger partial charge in [-0.2, -0.15) is 0 Å². The molecule has 0 aromatic heterocycles. The Bertz CT molecular complexity index is 520. The third kappa shape index (κ3) is 3.85. The quantitative estimate of drug-likeness (QED) is 0.461. The molecule has 2 aliphatic heterocycles. The summed E-state index contributed by atoms with van der Waals surface area (Å²) in [6.07, 6.45) is 4.46. The zero-order valence-electron chi connectivity index (χ0n) is 12.0. The number of amides is 4. The summed E-state index contributed by atoms with van der Waals surface area (Å²) in [7, 11) is 0. The molecule has 1 N–H and O–H groups in total. The Hall–Kier alpha value is -2.35. The van der Waals surface area contributed by atoms with E-state index >= 15 is 0 Å². The van der Waals surface area contributed by atoms with Crippen molar-refractivity contribution >= 4 is 29.6 Å². The minimum atomic E-state index is -0.603. The molecule has 0 radical (unpaired) electrons. The molecule has 0 unspecified atom stereocenters. The van der Waals surface area contributed by atoms with Gasteiger partial charge in [-0.3, -0.25) is 19.3 Å². The lowest BCUT2D eigenvalue weighted by Crippen LogP contribution is -3.14. The van der Waals surface area contributed by atoms with E-state index < -0.39 is 17.8 Å². The van der Waals surface area contributed by atoms with E-state index in [1.54, 1.807) is 0 Å². The summed E-state index contributed by atoms with van der Waals surface area (Å²) >= 11 is 0. The van der Waals surface area contributed by atoms with Gasteiger partial charge < -0.3 is 0 Å². The highest BCUT2D eigenvalue weighted by Crippen LogP contribution is 2.08. The Morgan fingerprint density at radius 1 is 1.00 bits per heavy atom. The molecule has 0 spiro atoms. The monoisotopic (exact) mass is 309 g/mol. The van der Waals surface area contributed by atoms with Gasteiger partial charge >= 0.3 is 17.8 Å². The van der Waals surface area contributed by atoms with Crippen LogP contribution in [0.2, 0.25) is 0 Å². The Morgan fingerprint density at radius 2 is 1.59 bits per heavy atom. The largest absolute Gasteiger partial charge is 0.368 e. The van der Waals surface area contributed by atoms with Crippen LogP contribution in [0.5, 0.6) is 0 Å². The summed E-state index contributed by atoms with van der Waals surface area (Å²) in [5.74, 6) is -2.08. The third-order valence-corrected chi connectivity index (χ3v) is 3.46. The minimum absolute atomic E-state index is 0.0875. The summed E-state index contributed by atoms with van der Waals surface area (Å²) in [4.78, 5) is 62.6. The van der Waals surface area contributed by atoms with Crippen molar-refractivity contribution < 1.29 is 33.9 Å². The molecule has 4 amide bonds. The van der Waals surface area contributed by atoms with Gasteiger partial charge in [-0.15, -0.1) is 0 Å². The number of hydrogen-bond acceptors (Lipinski definition) is 6. The first kappa shape index (κ1) is 16.0. The summed E-state index contributed by atoms with van der Waals surface area (Å²) in [5, 5.41) is -0.343. The maximum absolute atomic E-state index is 11.5. The van der Waals surface area contributed by atoms with Crippen molar-refractivity contribution in [2.75, 3.05) is 6.54 Å². The number of nitrogens with zero attached hydrogens (tertiary/aromatic N) is 1. The van der Waals surface area contributed by atoms with E-state index in [2.05, 4.69) is 0 Å². The maximum Gasteiger partial charge on any atom is 0.368 e. The first-order valence-corrected chi connectivity index (χ1v) is 7.16. The van der Waals surface area contributed by atoms with Crippen molar-refractivity contribution in [2.45, 2.75) is 38.5 Å². The van der Waals surface area contributed by atoms with Gasteiger partial charge in [0.1, 0.15) is 0 Å². The zero-order valence-corrected chi connectivity index (χ0v) is 12.0. The van der Waals surface area contributed by atoms with Crippen LogP contribution < -0.4 is 5.06 Å². The van der Waals surface area contributed by atoms with Crippen LogP contribution in [0.25, 0.3) is 0 Å². The second-order valence-electron chi connectivity index (χ2n) is 5.12. The molecule has 8 nitrogen and oxygen atoms in total. The van der Waals surface area contributed by atoms with Gasteiger partial charge in [-0.25, -0.2) is 14.4 Å². The fourth-order valence-electron chi connectivity index (χ4n) is 2.26. The van der Waals surface area contributed by atoms with E-state index in [1.807, 2.05) is 0 Å². The van der Waals surface area contributed by atoms with Crippen LogP contribution in [0.4, 0.5) is 0 Å². The molecule has 0 bridgehead atoms. The number of hydrogen-bond donors (Lipinski definition) is 1. The van der Waals surface area contributed by atoms with Crippen LogP contribution in [-0.2, 0) is 28.8 Å². The van der Waals surface area contributed by atoms with Gasteiger partial charge in [-0.05, 0) is 17.9 Å². The van der Waals surface area contributed by atoms with Gasteiger partial charge in [0, 0.05) is 18.7 Å². The highest BCUT2D eigenvalue weighted by molar-refractivity contribution is 6.12. The molecule has 2 heterocycles. The first-order chi connectivity index (χ1) is 10.5. The second kappa shape index (κ2) is 7.08. The molecule has 22 heavy (non-hydrogen) atoms. The lowest BCUT2D eigenvalue weighted by Gasteiger charge is -2.12. The molecule has 0 atom stereocenters. The summed E-state index contributed by atoms with van der Waals surface area (Å²) in [6.45, 7) is 0.314. The van der Waals surface area contributed by atoms with E-state index in [0.29, 0.717) is 25.8 Å². The maximum atomic E-state index is 11.5. The molecule has 0 aromatic carbocycles. The Morgan fingerprint density at radius 3 is 2.18 bits per heavy atom. The van der Waals surface area contributed by atoms with Gasteiger partial charge in [-0.1, -0.05) is 6.42 Å². The normalized spacial score (nSPS) is 18.6. The third-order valence-electron chi connectivity index (χ3n) is 3.46. The highest BCUT2D eigenvalue weighted by atomic mass is 16.7. The number of unbranched alkanes of at least 4 members (excludes halogenated alkanes) is 2. The Kier molecular flexibility index (Phi) is 5.16. The van der Waals surface area contributed by atoms with Crippen LogP contribution >= 0.6 is 0 Å². The minimum Gasteiger partial charge on any atom is -0.275 e. The van der Waals surface area contributed by atoms with Crippen molar-refractivity contribution in [2.24, 2.45) is 0 Å². The van der Waals surface area contributed by atoms with E-state index in [0.717, 1.165) is 4.90 Å². The lowest BCUT2D eigenvalue weighted by atomic mass is 10.2. The highest BCUT2D eigenvalue weighted by Gasteiger charge is 2.39. The topological polar surface area (TPSA) is 102 Å². The molecular formula is C14H17N2O6+. The van der Waals surface area contributed by atoms with Crippen LogP contribution in [0.1, 0.15) is 38.5 Å². The molecule has 118 valence electrons. The summed E-state index contributed by atoms with van der Waals surface area (Å²) in [6, 6.07) is 0. The molecule has 2 aliphatic rings. The van der Waals surface area contributed by atoms with Crippen molar-refractivity contribution in [3.05, 3.63) is 12.2 Å². The molecule has 1 fully saturated rings. The van der Waals surface area contributed by atoms with E-state index in [-0.39, 0.29) is 36.1 Å². The predicted molar refractivity (Wildman–Crippen MR) is 70.6 cm³/mol. The van der Waals surface area contributed by atoms with Crippen LogP contribution in [0, 0.1) is 0 Å². The molecular weight excluding hydrogens is 292 g/mol. The van der Waals surface area contributed by atoms with Crippen molar-refractivity contribution in [1.82, 2.24) is 4.90 Å². The van der Waals surface area contributed by atoms with Gasteiger partial charge in [0.2, 0.25) is 0 Å². The van der Waals surface area contributed by atoms with Crippen LogP contribution in [0.3, 0.4) is 0 Å². The van der Waals surface area contributed by atoms with Gasteiger partial charge in [0.25, 0.3) is 11.8 Å². The number of quaternary nitrogens is 1. The van der Waals surface area contributed by atoms with Crippen LogP contribution in [-0.4, -0.2) is 41.0 Å². The lowest BCUT2D eigenvalue weighted by molar-refractivity contribution is -0.934. The number of imide groups is 2. The molecule has 0 aromatic rings. The molecule has 2 rings (SSSR count). The number of nitrogens with one attached hydrogen (secondary N) is 1. The number of carbonyl (C=O) groups excluding carboxylic acids is 5. The van der Waals surface area contributed by atoms with Crippen LogP contribution in [0.15, 0.2) is 12.2 Å². The molecule has 0 saturated carbocycles. The van der Waals surface area contributed by atoms with E-state index in [4.69, 9.17) is 4.84 Å². The summed E-state index contributed by atoms with van der Waals surface area (Å²) < 4.78 is 0. The predicted octanol–water partition coefficient (Wildman–Crippen LogP) is -1.34. The number of carbonyl (C=O) groups is 5. The fourth-order valence-corrected chi connectivity index (χ4v) is 2.26. The zero-order chi connectivity index (χ0) is 16.1. The molecule has 8 heteroatoms. The van der Waals surface area contributed by atoms with E-state index in [9.17, 15) is 24.0 Å². The average Bonchev–Trinajstić information content (AvgIpc) is 2.96. The number of hydroxylamine groups is 2. The van der Waals surface area contributed by atoms with Crippen molar-refractivity contribution in [3.8, 4) is 0 Å². The SMILES string of the molecule is O=C(CCCCCN1C(=O)C=CC1=O)O[NH+]1C(=O)CCC1=O. The van der Waals surface area contributed by atoms with E-state index in [1.165, 1.54) is 12.2 Å². The van der Waals surface area contributed by atoms with Crippen molar-refractivity contribution in [3.63, 3.8) is 0 Å². The van der Waals surface area contributed by atoms with Gasteiger partial charge in [0.05, 0.1) is 19.3 Å². The molecule has 1 saturated heterocycles. The smallest absolute Gasteiger partial charge is 0.275 e. The Labute approximate surface area is 126 Å². The standard InChI is InChI=1S/C14H16N2O6/c17-10-5-6-11(18)15(10)9-3-1-2-4-14(21)22-16-12(19)7-8-13(16)20/h5-6H,1-4,7-9H2/p+1. The number of rotatable bonds is 7. The first-order valence-electron chi connectivity index (χ1n) is 7.16.